The van der Waals surface area contributed by atoms with Gasteiger partial charge in [0.05, 0.1) is 11.1 Å². The number of phenolic OH excluding ortho intramolecular Hbond substituents is 1. The van der Waals surface area contributed by atoms with Crippen molar-refractivity contribution in [1.29, 1.82) is 0 Å². The molecule has 0 bridgehead atoms. The molecule has 1 aromatic heterocycles. The van der Waals surface area contributed by atoms with Crippen LogP contribution in [0.15, 0.2) is 34.4 Å². The lowest BCUT2D eigenvalue weighted by Gasteiger charge is -2.35. The highest BCUT2D eigenvalue weighted by Gasteiger charge is 2.33. The Bertz CT molecular complexity index is 901. The number of furan rings is 1. The number of phenols is 1. The normalized spacial score (nSPS) is 24.3. The van der Waals surface area contributed by atoms with Crippen molar-refractivity contribution < 1.29 is 19.1 Å². The fourth-order valence-corrected chi connectivity index (χ4v) is 4.25. The summed E-state index contributed by atoms with van der Waals surface area (Å²) in [4.78, 5) is 15.1. The molecule has 2 atom stereocenters. The lowest BCUT2D eigenvalue weighted by atomic mass is 9.91. The number of aromatic hydroxyl groups is 1. The minimum absolute atomic E-state index is 0.169. The van der Waals surface area contributed by atoms with Crippen LogP contribution >= 0.6 is 0 Å². The molecule has 0 saturated carbocycles. The van der Waals surface area contributed by atoms with Crippen molar-refractivity contribution in [3.63, 3.8) is 0 Å². The molecule has 27 heavy (non-hydrogen) atoms. The van der Waals surface area contributed by atoms with E-state index in [0.29, 0.717) is 41.0 Å². The fourth-order valence-electron chi connectivity index (χ4n) is 4.25. The largest absolute Gasteiger partial charge is 0.507 e. The first-order valence-electron chi connectivity index (χ1n) is 9.48. The van der Waals surface area contributed by atoms with E-state index in [0.717, 1.165) is 18.8 Å². The zero-order valence-electron chi connectivity index (χ0n) is 16.0. The second-order valence-electron chi connectivity index (χ2n) is 7.97. The van der Waals surface area contributed by atoms with Crippen LogP contribution in [0.5, 0.6) is 11.5 Å². The molecular weight excluding hydrogens is 342 g/mol. The Balaban J connectivity index is 1.63. The maximum absolute atomic E-state index is 12.7. The van der Waals surface area contributed by atoms with Gasteiger partial charge in [-0.1, -0.05) is 13.8 Å². The molecule has 0 aliphatic carbocycles. The molecule has 4 rings (SSSR count). The summed E-state index contributed by atoms with van der Waals surface area (Å²) in [7, 11) is 0. The van der Waals surface area contributed by atoms with Gasteiger partial charge in [-0.05, 0) is 49.4 Å². The molecule has 2 aliphatic rings. The van der Waals surface area contributed by atoms with Crippen molar-refractivity contribution in [3.05, 3.63) is 52.7 Å². The number of rotatable bonds is 3. The first kappa shape index (κ1) is 17.9. The van der Waals surface area contributed by atoms with E-state index in [4.69, 9.17) is 9.15 Å². The summed E-state index contributed by atoms with van der Waals surface area (Å²) in [6, 6.07) is 6.87. The Hall–Kier alpha value is -2.53. The molecule has 1 aromatic carbocycles. The lowest BCUT2D eigenvalue weighted by molar-refractivity contribution is 0.101. The van der Waals surface area contributed by atoms with Crippen LogP contribution in [0.1, 0.15) is 47.7 Å². The number of aryl methyl sites for hydroxylation is 1. The summed E-state index contributed by atoms with van der Waals surface area (Å²) >= 11 is 0. The highest BCUT2D eigenvalue weighted by Crippen LogP contribution is 2.40. The minimum atomic E-state index is -0.180. The molecule has 3 heterocycles. The van der Waals surface area contributed by atoms with Crippen molar-refractivity contribution >= 4 is 11.9 Å². The van der Waals surface area contributed by atoms with E-state index in [2.05, 4.69) is 18.7 Å². The SMILES string of the molecule is Cc1ccc(C=C2Oc3c(ccc(O)c3CN3C[C@H](C)C[C@@H](C)C3)C2=O)o1. The quantitative estimate of drug-likeness (QED) is 0.815. The summed E-state index contributed by atoms with van der Waals surface area (Å²) in [6.45, 7) is 8.90. The molecule has 2 aromatic rings. The number of likely N-dealkylation sites (tertiary alicyclic amines) is 1. The topological polar surface area (TPSA) is 62.9 Å². The molecule has 0 unspecified atom stereocenters. The number of benzene rings is 1. The van der Waals surface area contributed by atoms with Crippen molar-refractivity contribution in [2.75, 3.05) is 13.1 Å². The summed E-state index contributed by atoms with van der Waals surface area (Å²) in [5.41, 5.74) is 1.18. The van der Waals surface area contributed by atoms with E-state index in [1.165, 1.54) is 6.42 Å². The van der Waals surface area contributed by atoms with Gasteiger partial charge < -0.3 is 14.3 Å². The molecule has 2 aliphatic heterocycles. The zero-order chi connectivity index (χ0) is 19.1. The van der Waals surface area contributed by atoms with E-state index in [1.54, 1.807) is 24.3 Å². The second-order valence-corrected chi connectivity index (χ2v) is 7.97. The van der Waals surface area contributed by atoms with E-state index in [9.17, 15) is 9.90 Å². The first-order chi connectivity index (χ1) is 12.9. The number of piperidine rings is 1. The molecular formula is C22H25NO4. The van der Waals surface area contributed by atoms with Crippen LogP contribution in [0.3, 0.4) is 0 Å². The Morgan fingerprint density at radius 1 is 1.19 bits per heavy atom. The lowest BCUT2D eigenvalue weighted by Crippen LogP contribution is -2.38. The number of hydrogen-bond donors (Lipinski definition) is 1. The maximum Gasteiger partial charge on any atom is 0.232 e. The summed E-state index contributed by atoms with van der Waals surface area (Å²) < 4.78 is 11.4. The molecule has 0 amide bonds. The average molecular weight is 367 g/mol. The number of ether oxygens (including phenoxy) is 1. The maximum atomic E-state index is 12.7. The predicted octanol–water partition coefficient (Wildman–Crippen LogP) is 4.39. The third-order valence-corrected chi connectivity index (χ3v) is 5.28. The number of ketones is 1. The van der Waals surface area contributed by atoms with Crippen LogP contribution in [0.2, 0.25) is 0 Å². The van der Waals surface area contributed by atoms with Crippen LogP contribution in [-0.2, 0) is 6.54 Å². The van der Waals surface area contributed by atoms with Crippen molar-refractivity contribution in [3.8, 4) is 11.5 Å². The van der Waals surface area contributed by atoms with Crippen LogP contribution in [0, 0.1) is 18.8 Å². The predicted molar refractivity (Wildman–Crippen MR) is 103 cm³/mol. The number of hydrogen-bond acceptors (Lipinski definition) is 5. The monoisotopic (exact) mass is 367 g/mol. The molecule has 1 saturated heterocycles. The number of fused-ring (bicyclic) bond motifs is 1. The number of nitrogens with zero attached hydrogens (tertiary/aromatic N) is 1. The molecule has 0 spiro atoms. The molecule has 5 nitrogen and oxygen atoms in total. The van der Waals surface area contributed by atoms with E-state index >= 15 is 0 Å². The van der Waals surface area contributed by atoms with Crippen LogP contribution in [0.4, 0.5) is 0 Å². The van der Waals surface area contributed by atoms with Crippen LogP contribution in [-0.4, -0.2) is 28.9 Å². The molecule has 1 N–H and O–H groups in total. The van der Waals surface area contributed by atoms with Gasteiger partial charge in [-0.25, -0.2) is 0 Å². The number of Topliss-reactive ketones (excluding diaryl/α,β-unsaturated/α-hetero) is 1. The summed E-state index contributed by atoms with van der Waals surface area (Å²) in [5, 5.41) is 10.4. The Morgan fingerprint density at radius 2 is 1.93 bits per heavy atom. The minimum Gasteiger partial charge on any atom is -0.507 e. The van der Waals surface area contributed by atoms with Crippen LogP contribution in [0.25, 0.3) is 6.08 Å². The first-order valence-corrected chi connectivity index (χ1v) is 9.48. The Morgan fingerprint density at radius 3 is 2.59 bits per heavy atom. The fraction of sp³-hybridized carbons (Fsp3) is 0.409. The highest BCUT2D eigenvalue weighted by atomic mass is 16.5. The summed E-state index contributed by atoms with van der Waals surface area (Å²) in [6.07, 6.45) is 2.83. The second kappa shape index (κ2) is 6.89. The van der Waals surface area contributed by atoms with E-state index < -0.39 is 0 Å². The molecule has 0 radical (unpaired) electrons. The van der Waals surface area contributed by atoms with Crippen molar-refractivity contribution in [2.45, 2.75) is 33.7 Å². The van der Waals surface area contributed by atoms with Gasteiger partial charge in [-0.15, -0.1) is 0 Å². The van der Waals surface area contributed by atoms with Gasteiger partial charge in [-0.3, -0.25) is 9.69 Å². The average Bonchev–Trinajstić information content (AvgIpc) is 3.14. The number of allylic oxidation sites excluding steroid dienone is 1. The third-order valence-electron chi connectivity index (χ3n) is 5.28. The van der Waals surface area contributed by atoms with Gasteiger partial charge in [-0.2, -0.15) is 0 Å². The number of carbonyl (C=O) groups excluding carboxylic acids is 1. The van der Waals surface area contributed by atoms with Gasteiger partial charge >= 0.3 is 0 Å². The molecule has 5 heteroatoms. The van der Waals surface area contributed by atoms with Crippen molar-refractivity contribution in [1.82, 2.24) is 4.90 Å². The standard InChI is InChI=1S/C22H25NO4/c1-13-8-14(2)11-23(10-13)12-18-19(24)7-6-17-21(25)20(27-22(17)18)9-16-5-4-15(3)26-16/h4-7,9,13-14,24H,8,10-12H2,1-3H3/t13-,14-/m1/s1. The molecule has 1 fully saturated rings. The Kier molecular flexibility index (Phi) is 4.56. The summed E-state index contributed by atoms with van der Waals surface area (Å²) in [5.74, 6) is 3.28. The number of carbonyl (C=O) groups is 1. The van der Waals surface area contributed by atoms with E-state index in [1.807, 2.05) is 13.0 Å². The molecule has 142 valence electrons. The van der Waals surface area contributed by atoms with Gasteiger partial charge in [0.2, 0.25) is 5.78 Å². The smallest absolute Gasteiger partial charge is 0.232 e. The third kappa shape index (κ3) is 3.52. The van der Waals surface area contributed by atoms with E-state index in [-0.39, 0.29) is 17.3 Å². The highest BCUT2D eigenvalue weighted by molar-refractivity contribution is 6.14. The zero-order valence-corrected chi connectivity index (χ0v) is 16.0. The van der Waals surface area contributed by atoms with Crippen LogP contribution < -0.4 is 4.74 Å². The van der Waals surface area contributed by atoms with Gasteiger partial charge in [0, 0.05) is 25.7 Å². The van der Waals surface area contributed by atoms with Gasteiger partial charge in [0.15, 0.2) is 5.76 Å². The van der Waals surface area contributed by atoms with Crippen molar-refractivity contribution in [2.24, 2.45) is 11.8 Å². The van der Waals surface area contributed by atoms with Gasteiger partial charge in [0.25, 0.3) is 0 Å². The van der Waals surface area contributed by atoms with Gasteiger partial charge in [0.1, 0.15) is 23.0 Å². The Labute approximate surface area is 159 Å².